The molecule has 0 amide bonds. The van der Waals surface area contributed by atoms with Crippen molar-refractivity contribution in [1.29, 1.82) is 0 Å². The molecule has 0 aliphatic carbocycles. The Bertz CT molecular complexity index is 631. The van der Waals surface area contributed by atoms with E-state index in [9.17, 15) is 4.79 Å². The van der Waals surface area contributed by atoms with Gasteiger partial charge in [0.05, 0.1) is 0 Å². The summed E-state index contributed by atoms with van der Waals surface area (Å²) in [6.45, 7) is 7.26. The Balaban J connectivity index is 2.44. The maximum atomic E-state index is 11.9. The van der Waals surface area contributed by atoms with Crippen molar-refractivity contribution >= 4 is 17.6 Å². The van der Waals surface area contributed by atoms with Crippen molar-refractivity contribution in [3.8, 4) is 0 Å². The summed E-state index contributed by atoms with van der Waals surface area (Å²) in [5, 5.41) is 0.608. The van der Waals surface area contributed by atoms with Crippen molar-refractivity contribution in [2.45, 2.75) is 20.0 Å². The highest BCUT2D eigenvalue weighted by Crippen LogP contribution is 2.29. The fourth-order valence-electron chi connectivity index (χ4n) is 2.04. The molecule has 0 aromatic heterocycles. The van der Waals surface area contributed by atoms with E-state index in [-0.39, 0.29) is 0 Å². The van der Waals surface area contributed by atoms with Crippen LogP contribution in [-0.2, 0) is 9.53 Å². The van der Waals surface area contributed by atoms with Crippen LogP contribution in [0.25, 0.3) is 0 Å². The fourth-order valence-corrected chi connectivity index (χ4v) is 2.24. The van der Waals surface area contributed by atoms with Crippen molar-refractivity contribution in [3.05, 3.63) is 82.4 Å². The summed E-state index contributed by atoms with van der Waals surface area (Å²) in [4.78, 5) is 11.9. The summed E-state index contributed by atoms with van der Waals surface area (Å²) < 4.78 is 5.60. The van der Waals surface area contributed by atoms with Crippen LogP contribution in [0.15, 0.2) is 60.7 Å². The Kier molecular flexibility index (Phi) is 4.81. The first kappa shape index (κ1) is 15.3. The zero-order valence-electron chi connectivity index (χ0n) is 12.1. The molecule has 0 N–H and O–H groups in total. The molecule has 108 valence electrons. The molecule has 0 heterocycles. The van der Waals surface area contributed by atoms with E-state index in [1.54, 1.807) is 19.1 Å². The normalized spacial score (nSPS) is 11.8. The second-order valence-electron chi connectivity index (χ2n) is 5.03. The number of carbonyl (C=O) groups excluding carboxylic acids is 1. The van der Waals surface area contributed by atoms with Gasteiger partial charge in [0, 0.05) is 10.6 Å². The molecule has 2 aromatic carbocycles. The number of carbonyl (C=O) groups is 1. The second-order valence-corrected chi connectivity index (χ2v) is 5.47. The van der Waals surface area contributed by atoms with E-state index in [0.717, 1.165) is 16.7 Å². The Hall–Kier alpha value is -2.06. The van der Waals surface area contributed by atoms with Gasteiger partial charge < -0.3 is 4.74 Å². The third kappa shape index (κ3) is 3.96. The molecule has 3 heteroatoms. The van der Waals surface area contributed by atoms with Crippen molar-refractivity contribution in [3.63, 3.8) is 0 Å². The van der Waals surface area contributed by atoms with Gasteiger partial charge in [-0.1, -0.05) is 60.1 Å². The molecule has 0 bridgehead atoms. The molecular formula is C18H17ClO2. The van der Waals surface area contributed by atoms with E-state index >= 15 is 0 Å². The highest BCUT2D eigenvalue weighted by atomic mass is 35.5. The smallest absolute Gasteiger partial charge is 0.334 e. The molecule has 0 spiro atoms. The Morgan fingerprint density at radius 2 is 1.76 bits per heavy atom. The average Bonchev–Trinajstić information content (AvgIpc) is 2.44. The van der Waals surface area contributed by atoms with Crippen molar-refractivity contribution in [1.82, 2.24) is 0 Å². The highest BCUT2D eigenvalue weighted by molar-refractivity contribution is 6.30. The Labute approximate surface area is 130 Å². The Morgan fingerprint density at radius 1 is 1.14 bits per heavy atom. The minimum atomic E-state index is -0.493. The average molecular weight is 301 g/mol. The van der Waals surface area contributed by atoms with Gasteiger partial charge in [0.15, 0.2) is 6.10 Å². The molecule has 0 fully saturated rings. The van der Waals surface area contributed by atoms with E-state index in [2.05, 4.69) is 6.58 Å². The minimum Gasteiger partial charge on any atom is -0.449 e. The zero-order chi connectivity index (χ0) is 15.4. The van der Waals surface area contributed by atoms with Crippen LogP contribution in [0.3, 0.4) is 0 Å². The van der Waals surface area contributed by atoms with Crippen molar-refractivity contribution in [2.24, 2.45) is 0 Å². The molecule has 2 aromatic rings. The quantitative estimate of drug-likeness (QED) is 0.595. The van der Waals surface area contributed by atoms with Crippen LogP contribution >= 0.6 is 11.6 Å². The summed E-state index contributed by atoms with van der Waals surface area (Å²) in [6, 6.07) is 15.2. The first-order valence-electron chi connectivity index (χ1n) is 6.66. The topological polar surface area (TPSA) is 26.3 Å². The molecule has 0 aliphatic rings. The van der Waals surface area contributed by atoms with E-state index in [0.29, 0.717) is 10.6 Å². The molecule has 0 radical (unpaired) electrons. The third-order valence-corrected chi connectivity index (χ3v) is 3.30. The Morgan fingerprint density at radius 3 is 2.33 bits per heavy atom. The van der Waals surface area contributed by atoms with Gasteiger partial charge >= 0.3 is 5.97 Å². The van der Waals surface area contributed by atoms with Crippen molar-refractivity contribution < 1.29 is 9.53 Å². The standard InChI is InChI=1S/C18H17ClO2/c1-12(2)18(20)21-17(14-7-4-6-13(3)10-14)15-8-5-9-16(19)11-15/h4-11,17H,1H2,2-3H3. The van der Waals surface area contributed by atoms with Crippen molar-refractivity contribution in [2.75, 3.05) is 0 Å². The van der Waals surface area contributed by atoms with Gasteiger partial charge in [-0.05, 0) is 37.1 Å². The maximum absolute atomic E-state index is 11.9. The minimum absolute atomic E-state index is 0.370. The first-order chi connectivity index (χ1) is 9.97. The number of rotatable bonds is 4. The van der Waals surface area contributed by atoms with Crippen LogP contribution in [0.2, 0.25) is 5.02 Å². The first-order valence-corrected chi connectivity index (χ1v) is 7.03. The predicted octanol–water partition coefficient (Wildman–Crippen LogP) is 4.86. The molecular weight excluding hydrogens is 284 g/mol. The van der Waals surface area contributed by atoms with Crippen LogP contribution in [0.5, 0.6) is 0 Å². The zero-order valence-corrected chi connectivity index (χ0v) is 12.9. The van der Waals surface area contributed by atoms with E-state index in [1.165, 1.54) is 0 Å². The van der Waals surface area contributed by atoms with Gasteiger partial charge in [0.1, 0.15) is 0 Å². The summed E-state index contributed by atoms with van der Waals surface area (Å²) in [5.41, 5.74) is 3.22. The number of ether oxygens (including phenoxy) is 1. The molecule has 0 saturated carbocycles. The number of aryl methyl sites for hydroxylation is 1. The summed E-state index contributed by atoms with van der Waals surface area (Å²) in [6.07, 6.45) is -0.493. The number of hydrogen-bond acceptors (Lipinski definition) is 2. The number of hydrogen-bond donors (Lipinski definition) is 0. The van der Waals surface area contributed by atoms with Crippen LogP contribution in [0.4, 0.5) is 0 Å². The van der Waals surface area contributed by atoms with E-state index in [1.807, 2.05) is 43.3 Å². The van der Waals surface area contributed by atoms with Gasteiger partial charge in [0.2, 0.25) is 0 Å². The number of halogens is 1. The lowest BCUT2D eigenvalue weighted by molar-refractivity contribution is -0.142. The summed E-state index contributed by atoms with van der Waals surface area (Å²) in [7, 11) is 0. The lowest BCUT2D eigenvalue weighted by Crippen LogP contribution is -2.13. The maximum Gasteiger partial charge on any atom is 0.334 e. The molecule has 2 nitrogen and oxygen atoms in total. The molecule has 0 saturated heterocycles. The van der Waals surface area contributed by atoms with Gasteiger partial charge in [-0.2, -0.15) is 0 Å². The van der Waals surface area contributed by atoms with Gasteiger partial charge in [-0.15, -0.1) is 0 Å². The van der Waals surface area contributed by atoms with E-state index in [4.69, 9.17) is 16.3 Å². The summed E-state index contributed by atoms with van der Waals surface area (Å²) in [5.74, 6) is -0.415. The third-order valence-electron chi connectivity index (χ3n) is 3.07. The second kappa shape index (κ2) is 6.59. The lowest BCUT2D eigenvalue weighted by atomic mass is 10.00. The van der Waals surface area contributed by atoms with E-state index < -0.39 is 12.1 Å². The van der Waals surface area contributed by atoms with Crippen LogP contribution < -0.4 is 0 Å². The van der Waals surface area contributed by atoms with Gasteiger partial charge in [0.25, 0.3) is 0 Å². The lowest BCUT2D eigenvalue weighted by Gasteiger charge is -2.19. The van der Waals surface area contributed by atoms with Crippen LogP contribution in [-0.4, -0.2) is 5.97 Å². The molecule has 1 atom stereocenters. The summed E-state index contributed by atoms with van der Waals surface area (Å²) >= 11 is 6.05. The van der Waals surface area contributed by atoms with Gasteiger partial charge in [-0.3, -0.25) is 0 Å². The fraction of sp³-hybridized carbons (Fsp3) is 0.167. The predicted molar refractivity (Wildman–Crippen MR) is 85.4 cm³/mol. The monoisotopic (exact) mass is 300 g/mol. The molecule has 0 aliphatic heterocycles. The SMILES string of the molecule is C=C(C)C(=O)OC(c1cccc(C)c1)c1cccc(Cl)c1. The molecule has 2 rings (SSSR count). The highest BCUT2D eigenvalue weighted by Gasteiger charge is 2.19. The van der Waals surface area contributed by atoms with Gasteiger partial charge in [-0.25, -0.2) is 4.79 Å². The molecule has 1 unspecified atom stereocenters. The number of benzene rings is 2. The van der Waals surface area contributed by atoms with Crippen LogP contribution in [0, 0.1) is 6.92 Å². The van der Waals surface area contributed by atoms with Crippen LogP contribution in [0.1, 0.15) is 29.7 Å². The largest absolute Gasteiger partial charge is 0.449 e. The number of esters is 1. The molecule has 21 heavy (non-hydrogen) atoms.